The Bertz CT molecular complexity index is 899. The van der Waals surface area contributed by atoms with E-state index in [0.717, 1.165) is 11.0 Å². The van der Waals surface area contributed by atoms with Crippen molar-refractivity contribution in [2.75, 3.05) is 4.90 Å². The Morgan fingerprint density at radius 3 is 2.28 bits per heavy atom. The number of anilines is 1. The van der Waals surface area contributed by atoms with Crippen molar-refractivity contribution in [3.05, 3.63) is 58.1 Å². The molecule has 1 saturated heterocycles. The number of nitrogens with zero attached hydrogens (tertiary/aromatic N) is 3. The summed E-state index contributed by atoms with van der Waals surface area (Å²) in [5.74, 6) is -0.233. The third kappa shape index (κ3) is 3.16. The maximum Gasteiger partial charge on any atom is 0.312 e. The molecule has 25 heavy (non-hydrogen) atoms. The highest BCUT2D eigenvalue weighted by atomic mass is 16.6. The topological polar surface area (TPSA) is 114 Å². The summed E-state index contributed by atoms with van der Waals surface area (Å²) < 4.78 is 5.50. The van der Waals surface area contributed by atoms with Gasteiger partial charge in [-0.3, -0.25) is 24.6 Å². The molecule has 2 amide bonds. The van der Waals surface area contributed by atoms with E-state index in [1.807, 2.05) is 6.07 Å². The molecule has 0 atom stereocenters. The van der Waals surface area contributed by atoms with E-state index in [9.17, 15) is 19.7 Å². The summed E-state index contributed by atoms with van der Waals surface area (Å²) >= 11 is 0. The van der Waals surface area contributed by atoms with Crippen molar-refractivity contribution in [2.24, 2.45) is 0 Å². The fourth-order valence-electron chi connectivity index (χ4n) is 2.47. The largest absolute Gasteiger partial charge is 0.450 e. The van der Waals surface area contributed by atoms with Gasteiger partial charge in [0.2, 0.25) is 17.6 Å². The van der Waals surface area contributed by atoms with Gasteiger partial charge in [-0.1, -0.05) is 0 Å². The average molecular weight is 337 g/mol. The first-order valence-corrected chi connectivity index (χ1v) is 7.32. The summed E-state index contributed by atoms with van der Waals surface area (Å²) in [5, 5.41) is 19.9. The highest BCUT2D eigenvalue weighted by Gasteiger charge is 2.30. The van der Waals surface area contributed by atoms with Crippen molar-refractivity contribution in [3.63, 3.8) is 0 Å². The Kier molecular flexibility index (Phi) is 4.14. The van der Waals surface area contributed by atoms with E-state index in [1.54, 1.807) is 0 Å². The lowest BCUT2D eigenvalue weighted by molar-refractivity contribution is -0.385. The molecule has 0 spiro atoms. The molecule has 8 nitrogen and oxygen atoms in total. The fraction of sp³-hybridized carbons (Fsp3) is 0.118. The van der Waals surface area contributed by atoms with E-state index in [2.05, 4.69) is 0 Å². The maximum atomic E-state index is 11.7. The van der Waals surface area contributed by atoms with Gasteiger partial charge in [0.25, 0.3) is 0 Å². The van der Waals surface area contributed by atoms with Gasteiger partial charge in [-0.15, -0.1) is 0 Å². The van der Waals surface area contributed by atoms with Crippen LogP contribution in [0.25, 0.3) is 0 Å². The molecule has 0 saturated carbocycles. The number of nitro benzene ring substituents is 1. The molecule has 0 unspecified atom stereocenters. The van der Waals surface area contributed by atoms with Crippen molar-refractivity contribution in [1.82, 2.24) is 0 Å². The van der Waals surface area contributed by atoms with Crippen LogP contribution in [0.2, 0.25) is 0 Å². The lowest BCUT2D eigenvalue weighted by Gasteiger charge is -2.14. The van der Waals surface area contributed by atoms with Crippen LogP contribution in [-0.2, 0) is 9.59 Å². The number of benzene rings is 2. The number of ether oxygens (including phenoxy) is 1. The van der Waals surface area contributed by atoms with Crippen molar-refractivity contribution >= 4 is 23.2 Å². The molecular formula is C17H11N3O5. The standard InChI is InChI=1S/C17H11N3O5/c18-10-11-1-6-15(14(9-11)20(23)24)25-13-4-2-12(3-5-13)19-16(21)7-8-17(19)22/h1-6,9H,7-8H2. The summed E-state index contributed by atoms with van der Waals surface area (Å²) in [7, 11) is 0. The normalized spacial score (nSPS) is 13.6. The van der Waals surface area contributed by atoms with Crippen LogP contribution in [0.5, 0.6) is 11.5 Å². The fourth-order valence-corrected chi connectivity index (χ4v) is 2.47. The van der Waals surface area contributed by atoms with E-state index in [-0.39, 0.29) is 41.7 Å². The second-order valence-electron chi connectivity index (χ2n) is 5.27. The third-order valence-corrected chi connectivity index (χ3v) is 3.66. The smallest absolute Gasteiger partial charge is 0.312 e. The molecule has 124 valence electrons. The summed E-state index contributed by atoms with van der Waals surface area (Å²) in [6.07, 6.45) is 0.378. The predicted molar refractivity (Wildman–Crippen MR) is 86.1 cm³/mol. The molecule has 0 N–H and O–H groups in total. The van der Waals surface area contributed by atoms with Crippen LogP contribution in [0.15, 0.2) is 42.5 Å². The average Bonchev–Trinajstić information content (AvgIpc) is 2.94. The predicted octanol–water partition coefficient (Wildman–Crippen LogP) is 2.91. The Labute approximate surface area is 142 Å². The number of carbonyl (C=O) groups excluding carboxylic acids is 2. The van der Waals surface area contributed by atoms with Gasteiger partial charge >= 0.3 is 5.69 Å². The number of rotatable bonds is 4. The minimum Gasteiger partial charge on any atom is -0.450 e. The summed E-state index contributed by atoms with van der Waals surface area (Å²) in [6.45, 7) is 0. The highest BCUT2D eigenvalue weighted by Crippen LogP contribution is 2.33. The van der Waals surface area contributed by atoms with Crippen molar-refractivity contribution in [3.8, 4) is 17.6 Å². The molecule has 2 aromatic carbocycles. The van der Waals surface area contributed by atoms with Gasteiger partial charge in [0.1, 0.15) is 5.75 Å². The van der Waals surface area contributed by atoms with Crippen LogP contribution in [0, 0.1) is 21.4 Å². The molecule has 3 rings (SSSR count). The van der Waals surface area contributed by atoms with Crippen LogP contribution in [-0.4, -0.2) is 16.7 Å². The summed E-state index contributed by atoms with van der Waals surface area (Å²) in [6, 6.07) is 11.8. The zero-order chi connectivity index (χ0) is 18.0. The molecule has 1 heterocycles. The number of nitro groups is 1. The molecule has 1 fully saturated rings. The maximum absolute atomic E-state index is 11.7. The Hall–Kier alpha value is -3.73. The highest BCUT2D eigenvalue weighted by molar-refractivity contribution is 6.19. The number of hydrogen-bond donors (Lipinski definition) is 0. The molecule has 1 aliphatic rings. The Balaban J connectivity index is 1.85. The SMILES string of the molecule is N#Cc1ccc(Oc2ccc(N3C(=O)CCC3=O)cc2)c([N+](=O)[O-])c1. The van der Waals surface area contributed by atoms with Crippen molar-refractivity contribution in [1.29, 1.82) is 5.26 Å². The van der Waals surface area contributed by atoms with Gasteiger partial charge in [-0.25, -0.2) is 0 Å². The zero-order valence-corrected chi connectivity index (χ0v) is 12.8. The van der Waals surface area contributed by atoms with Crippen LogP contribution in [0.4, 0.5) is 11.4 Å². The Morgan fingerprint density at radius 2 is 1.72 bits per heavy atom. The molecular weight excluding hydrogens is 326 g/mol. The monoisotopic (exact) mass is 337 g/mol. The number of imide groups is 1. The quantitative estimate of drug-likeness (QED) is 0.481. The summed E-state index contributed by atoms with van der Waals surface area (Å²) in [4.78, 5) is 35.0. The van der Waals surface area contributed by atoms with Crippen LogP contribution in [0.1, 0.15) is 18.4 Å². The van der Waals surface area contributed by atoms with Crippen molar-refractivity contribution < 1.29 is 19.2 Å². The van der Waals surface area contributed by atoms with E-state index < -0.39 is 4.92 Å². The van der Waals surface area contributed by atoms with Gasteiger partial charge < -0.3 is 4.74 Å². The minimum absolute atomic E-state index is 0.00919. The number of carbonyl (C=O) groups is 2. The summed E-state index contributed by atoms with van der Waals surface area (Å²) in [5.41, 5.74) is 0.252. The van der Waals surface area contributed by atoms with E-state index >= 15 is 0 Å². The Morgan fingerprint density at radius 1 is 1.08 bits per heavy atom. The number of amides is 2. The number of hydrogen-bond acceptors (Lipinski definition) is 6. The van der Waals surface area contributed by atoms with Crippen molar-refractivity contribution in [2.45, 2.75) is 12.8 Å². The van der Waals surface area contributed by atoms with Crippen LogP contribution in [0.3, 0.4) is 0 Å². The third-order valence-electron chi connectivity index (χ3n) is 3.66. The van der Waals surface area contributed by atoms with E-state index in [1.165, 1.54) is 36.4 Å². The van der Waals surface area contributed by atoms with Crippen LogP contribution < -0.4 is 9.64 Å². The lowest BCUT2D eigenvalue weighted by Crippen LogP contribution is -2.28. The second-order valence-corrected chi connectivity index (χ2v) is 5.27. The van der Waals surface area contributed by atoms with E-state index in [4.69, 9.17) is 10.00 Å². The lowest BCUT2D eigenvalue weighted by atomic mass is 10.2. The van der Waals surface area contributed by atoms with Crippen LogP contribution >= 0.6 is 0 Å². The molecule has 1 aliphatic heterocycles. The molecule has 0 radical (unpaired) electrons. The molecule has 0 aromatic heterocycles. The van der Waals surface area contributed by atoms with Gasteiger partial charge in [-0.05, 0) is 36.4 Å². The molecule has 2 aromatic rings. The van der Waals surface area contributed by atoms with Gasteiger partial charge in [0.15, 0.2) is 0 Å². The molecule has 0 bridgehead atoms. The van der Waals surface area contributed by atoms with Gasteiger partial charge in [-0.2, -0.15) is 5.26 Å². The van der Waals surface area contributed by atoms with E-state index in [0.29, 0.717) is 11.4 Å². The number of nitriles is 1. The molecule has 0 aliphatic carbocycles. The first-order valence-electron chi connectivity index (χ1n) is 7.32. The zero-order valence-electron chi connectivity index (χ0n) is 12.8. The first-order chi connectivity index (χ1) is 12.0. The first kappa shape index (κ1) is 16.1. The van der Waals surface area contributed by atoms with Gasteiger partial charge in [0.05, 0.1) is 22.2 Å². The molecule has 8 heteroatoms. The second kappa shape index (κ2) is 6.41. The van der Waals surface area contributed by atoms with Gasteiger partial charge in [0, 0.05) is 18.9 Å². The minimum atomic E-state index is -0.633.